The second-order valence-electron chi connectivity index (χ2n) is 6.63. The van der Waals surface area contributed by atoms with E-state index in [9.17, 15) is 4.79 Å². The van der Waals surface area contributed by atoms with Crippen LogP contribution in [0.2, 0.25) is 0 Å². The molecule has 4 heterocycles. The first-order valence-corrected chi connectivity index (χ1v) is 10.9. The molecule has 0 fully saturated rings. The number of aromatic nitrogens is 4. The maximum atomic E-state index is 12.8. The van der Waals surface area contributed by atoms with Crippen molar-refractivity contribution in [1.29, 1.82) is 0 Å². The van der Waals surface area contributed by atoms with Gasteiger partial charge in [0.25, 0.3) is 11.8 Å². The molecule has 0 radical (unpaired) electrons. The van der Waals surface area contributed by atoms with E-state index in [2.05, 4.69) is 15.3 Å². The Balaban J connectivity index is 1.39. The lowest BCUT2D eigenvalue weighted by atomic mass is 10.3. The highest BCUT2D eigenvalue weighted by Gasteiger charge is 2.23. The van der Waals surface area contributed by atoms with Crippen molar-refractivity contribution in [3.05, 3.63) is 70.4 Å². The quantitative estimate of drug-likeness (QED) is 0.342. The van der Waals surface area contributed by atoms with Gasteiger partial charge in [0, 0.05) is 5.39 Å². The van der Waals surface area contributed by atoms with Crippen LogP contribution >= 0.6 is 22.7 Å². The first-order chi connectivity index (χ1) is 14.6. The van der Waals surface area contributed by atoms with Crippen LogP contribution in [0.1, 0.15) is 34.3 Å². The number of nitrogens with zero attached hydrogens (tertiary/aromatic N) is 4. The summed E-state index contributed by atoms with van der Waals surface area (Å²) in [7, 11) is 0. The van der Waals surface area contributed by atoms with Crippen LogP contribution in [-0.2, 0) is 4.74 Å². The third-order valence-electron chi connectivity index (χ3n) is 4.55. The van der Waals surface area contributed by atoms with E-state index in [1.54, 1.807) is 6.92 Å². The summed E-state index contributed by atoms with van der Waals surface area (Å²) in [5, 5.41) is 15.5. The zero-order chi connectivity index (χ0) is 20.7. The molecule has 0 aliphatic heterocycles. The Bertz CT molecular complexity index is 1320. The van der Waals surface area contributed by atoms with Crippen LogP contribution < -0.4 is 0 Å². The molecule has 150 valence electrons. The van der Waals surface area contributed by atoms with E-state index in [-0.39, 0.29) is 5.89 Å². The van der Waals surface area contributed by atoms with E-state index in [0.717, 1.165) is 26.5 Å². The summed E-state index contributed by atoms with van der Waals surface area (Å²) in [6, 6.07) is 15.5. The molecule has 0 aliphatic rings. The van der Waals surface area contributed by atoms with E-state index in [1.807, 2.05) is 65.5 Å². The van der Waals surface area contributed by atoms with Crippen molar-refractivity contribution in [1.82, 2.24) is 20.0 Å². The third-order valence-corrected chi connectivity index (χ3v) is 6.50. The fourth-order valence-electron chi connectivity index (χ4n) is 3.06. The second kappa shape index (κ2) is 7.51. The van der Waals surface area contributed by atoms with Gasteiger partial charge in [-0.25, -0.2) is 9.48 Å². The van der Waals surface area contributed by atoms with Gasteiger partial charge in [-0.1, -0.05) is 24.3 Å². The van der Waals surface area contributed by atoms with E-state index in [4.69, 9.17) is 9.15 Å². The van der Waals surface area contributed by atoms with Crippen LogP contribution in [0.5, 0.6) is 0 Å². The van der Waals surface area contributed by atoms with Crippen LogP contribution in [0.15, 0.2) is 58.3 Å². The van der Waals surface area contributed by atoms with Gasteiger partial charge in [-0.15, -0.1) is 32.9 Å². The Kier molecular flexibility index (Phi) is 4.68. The fraction of sp³-hybridized carbons (Fsp3) is 0.143. The van der Waals surface area contributed by atoms with E-state index >= 15 is 0 Å². The molecular weight excluding hydrogens is 420 g/mol. The van der Waals surface area contributed by atoms with Gasteiger partial charge in [-0.3, -0.25) is 0 Å². The highest BCUT2D eigenvalue weighted by Crippen LogP contribution is 2.32. The molecule has 5 rings (SSSR count). The Hall–Kier alpha value is -3.30. The molecule has 1 unspecified atom stereocenters. The molecule has 4 aromatic heterocycles. The smallest absolute Gasteiger partial charge is 0.349 e. The van der Waals surface area contributed by atoms with E-state index < -0.39 is 12.1 Å². The Labute approximate surface area is 179 Å². The van der Waals surface area contributed by atoms with Crippen LogP contribution in [0.25, 0.3) is 26.7 Å². The molecule has 9 heteroatoms. The average molecular weight is 437 g/mol. The summed E-state index contributed by atoms with van der Waals surface area (Å²) in [5.74, 6) is 0.251. The normalized spacial score (nSPS) is 12.3. The molecule has 0 saturated heterocycles. The maximum absolute atomic E-state index is 12.8. The van der Waals surface area contributed by atoms with Crippen LogP contribution in [0.3, 0.4) is 0 Å². The van der Waals surface area contributed by atoms with Crippen LogP contribution in [0.4, 0.5) is 0 Å². The SMILES string of the molecule is Cc1nn(-c2ccccc2)c2sc(C(=O)OC(C)c3nnc(-c4cccs4)o3)cc12. The third kappa shape index (κ3) is 3.31. The first-order valence-electron chi connectivity index (χ1n) is 9.23. The van der Waals surface area contributed by atoms with Crippen LogP contribution in [-0.4, -0.2) is 25.9 Å². The lowest BCUT2D eigenvalue weighted by molar-refractivity contribution is 0.0286. The maximum Gasteiger partial charge on any atom is 0.349 e. The highest BCUT2D eigenvalue weighted by molar-refractivity contribution is 7.20. The number of hydrogen-bond donors (Lipinski definition) is 0. The van der Waals surface area contributed by atoms with Gasteiger partial charge in [0.2, 0.25) is 0 Å². The lowest BCUT2D eigenvalue weighted by Crippen LogP contribution is -2.08. The standard InChI is InChI=1S/C21H16N4O3S2/c1-12-15-11-17(30-20(15)25(24-12)14-7-4-3-5-8-14)21(26)27-13(2)18-22-23-19(28-18)16-9-6-10-29-16/h3-11,13H,1-2H3. The van der Waals surface area contributed by atoms with Gasteiger partial charge in [-0.05, 0) is 43.5 Å². The summed E-state index contributed by atoms with van der Waals surface area (Å²) >= 11 is 2.85. The molecule has 5 aromatic rings. The number of fused-ring (bicyclic) bond motifs is 1. The van der Waals surface area contributed by atoms with Crippen molar-refractivity contribution in [3.8, 4) is 16.5 Å². The fourth-order valence-corrected chi connectivity index (χ4v) is 4.77. The number of carbonyl (C=O) groups excluding carboxylic acids is 1. The summed E-state index contributed by atoms with van der Waals surface area (Å²) in [5.41, 5.74) is 1.80. The molecule has 0 saturated carbocycles. The number of benzene rings is 1. The minimum Gasteiger partial charge on any atom is -0.448 e. The number of ether oxygens (including phenoxy) is 1. The molecular formula is C21H16N4O3S2. The summed E-state index contributed by atoms with van der Waals surface area (Å²) in [6.07, 6.45) is -0.657. The molecule has 1 aromatic carbocycles. The topological polar surface area (TPSA) is 83.0 Å². The van der Waals surface area contributed by atoms with Crippen molar-refractivity contribution in [2.45, 2.75) is 20.0 Å². The number of para-hydroxylation sites is 1. The van der Waals surface area contributed by atoms with Gasteiger partial charge in [0.15, 0.2) is 6.10 Å². The minimum absolute atomic E-state index is 0.263. The Morgan fingerprint density at radius 3 is 2.77 bits per heavy atom. The monoisotopic (exact) mass is 436 g/mol. The Morgan fingerprint density at radius 1 is 1.17 bits per heavy atom. The summed E-state index contributed by atoms with van der Waals surface area (Å²) in [6.45, 7) is 3.64. The molecule has 0 spiro atoms. The predicted molar refractivity (Wildman–Crippen MR) is 115 cm³/mol. The van der Waals surface area contributed by atoms with Crippen molar-refractivity contribution in [2.24, 2.45) is 0 Å². The number of thiophene rings is 2. The largest absolute Gasteiger partial charge is 0.448 e. The van der Waals surface area contributed by atoms with Gasteiger partial charge in [-0.2, -0.15) is 5.10 Å². The molecule has 1 atom stereocenters. The van der Waals surface area contributed by atoms with Gasteiger partial charge < -0.3 is 9.15 Å². The number of hydrogen-bond acceptors (Lipinski definition) is 8. The van der Waals surface area contributed by atoms with Crippen molar-refractivity contribution < 1.29 is 13.9 Å². The molecule has 0 aliphatic carbocycles. The van der Waals surface area contributed by atoms with Crippen molar-refractivity contribution in [3.63, 3.8) is 0 Å². The molecule has 0 bridgehead atoms. The highest BCUT2D eigenvalue weighted by atomic mass is 32.1. The second-order valence-corrected chi connectivity index (χ2v) is 8.61. The van der Waals surface area contributed by atoms with E-state index in [0.29, 0.717) is 10.8 Å². The molecule has 0 amide bonds. The molecule has 30 heavy (non-hydrogen) atoms. The molecule has 0 N–H and O–H groups in total. The van der Waals surface area contributed by atoms with Crippen LogP contribution in [0, 0.1) is 6.92 Å². The lowest BCUT2D eigenvalue weighted by Gasteiger charge is -2.08. The summed E-state index contributed by atoms with van der Waals surface area (Å²) < 4.78 is 13.1. The van der Waals surface area contributed by atoms with Crippen molar-refractivity contribution >= 4 is 38.9 Å². The van der Waals surface area contributed by atoms with Gasteiger partial charge in [0.1, 0.15) is 9.71 Å². The Morgan fingerprint density at radius 2 is 2.00 bits per heavy atom. The minimum atomic E-state index is -0.657. The predicted octanol–water partition coefficient (Wildman–Crippen LogP) is 5.42. The zero-order valence-corrected chi connectivity index (χ0v) is 17.7. The number of esters is 1. The average Bonchev–Trinajstić information content (AvgIpc) is 3.53. The first kappa shape index (κ1) is 18.7. The number of rotatable bonds is 5. The zero-order valence-electron chi connectivity index (χ0n) is 16.1. The van der Waals surface area contributed by atoms with Gasteiger partial charge >= 0.3 is 5.97 Å². The number of carbonyl (C=O) groups is 1. The van der Waals surface area contributed by atoms with E-state index in [1.165, 1.54) is 22.7 Å². The summed E-state index contributed by atoms with van der Waals surface area (Å²) in [4.78, 5) is 15.0. The van der Waals surface area contributed by atoms with Gasteiger partial charge in [0.05, 0.1) is 16.3 Å². The number of aryl methyl sites for hydroxylation is 1. The molecule has 7 nitrogen and oxygen atoms in total. The van der Waals surface area contributed by atoms with Crippen molar-refractivity contribution in [2.75, 3.05) is 0 Å².